The molecule has 0 aromatic heterocycles. The number of esters is 2. The number of benzene rings is 2. The summed E-state index contributed by atoms with van der Waals surface area (Å²) in [4.78, 5) is 23.7. The summed E-state index contributed by atoms with van der Waals surface area (Å²) in [5.41, 5.74) is 2.10. The smallest absolute Gasteiger partial charge is 0.321 e. The second kappa shape index (κ2) is 4.32. The Morgan fingerprint density at radius 1 is 1.14 bits per heavy atom. The molecule has 1 aliphatic heterocycles. The molecule has 2 atom stereocenters. The van der Waals surface area contributed by atoms with Crippen molar-refractivity contribution in [1.82, 2.24) is 0 Å². The Bertz CT molecular complexity index is 778. The molecule has 0 radical (unpaired) electrons. The first-order chi connectivity index (χ1) is 10.2. The van der Waals surface area contributed by atoms with Crippen LogP contribution in [-0.2, 0) is 20.7 Å². The lowest BCUT2D eigenvalue weighted by Gasteiger charge is -2.25. The monoisotopic (exact) mass is 282 g/mol. The van der Waals surface area contributed by atoms with Crippen LogP contribution in [0.1, 0.15) is 23.5 Å². The SMILES string of the molecule is COc1ccc2c3c(ccc2c1)[C@@H]1C(=O)OC(=O)[C@@H]1CC3. The number of methoxy groups -OCH3 is 1. The molecule has 21 heavy (non-hydrogen) atoms. The highest BCUT2D eigenvalue weighted by Gasteiger charge is 2.47. The first kappa shape index (κ1) is 12.4. The molecule has 2 aromatic rings. The molecule has 1 fully saturated rings. The average Bonchev–Trinajstić information content (AvgIpc) is 2.81. The van der Waals surface area contributed by atoms with E-state index in [0.717, 1.165) is 34.1 Å². The minimum absolute atomic E-state index is 0.305. The van der Waals surface area contributed by atoms with Crippen molar-refractivity contribution in [3.05, 3.63) is 41.5 Å². The summed E-state index contributed by atoms with van der Waals surface area (Å²) in [6, 6.07) is 9.87. The highest BCUT2D eigenvalue weighted by Crippen LogP contribution is 2.44. The molecular formula is C17H14O4. The predicted octanol–water partition coefficient (Wildman–Crippen LogP) is 2.58. The molecule has 4 nitrogen and oxygen atoms in total. The molecule has 0 N–H and O–H groups in total. The Labute approximate surface area is 121 Å². The van der Waals surface area contributed by atoms with Crippen LogP contribution >= 0.6 is 0 Å². The zero-order valence-electron chi connectivity index (χ0n) is 11.6. The highest BCUT2D eigenvalue weighted by molar-refractivity contribution is 6.01. The Morgan fingerprint density at radius 2 is 2.00 bits per heavy atom. The summed E-state index contributed by atoms with van der Waals surface area (Å²) < 4.78 is 10.1. The summed E-state index contributed by atoms with van der Waals surface area (Å²) in [5.74, 6) is -0.690. The van der Waals surface area contributed by atoms with Crippen LogP contribution in [0.25, 0.3) is 10.8 Å². The number of hydrogen-bond acceptors (Lipinski definition) is 4. The number of aryl methyl sites for hydroxylation is 1. The minimum atomic E-state index is -0.423. The standard InChI is InChI=1S/C17H14O4/c1-20-10-3-5-11-9(8-10)2-4-13-12(11)6-7-14-15(13)17(19)21-16(14)18/h2-5,8,14-15H,6-7H2,1H3/t14-,15+/m1/s1. The van der Waals surface area contributed by atoms with Gasteiger partial charge in [0.2, 0.25) is 0 Å². The Morgan fingerprint density at radius 3 is 2.81 bits per heavy atom. The van der Waals surface area contributed by atoms with E-state index >= 15 is 0 Å². The normalized spacial score (nSPS) is 23.7. The number of ether oxygens (including phenoxy) is 2. The summed E-state index contributed by atoms with van der Waals surface area (Å²) in [6.07, 6.45) is 1.47. The zero-order chi connectivity index (χ0) is 14.6. The van der Waals surface area contributed by atoms with Gasteiger partial charge < -0.3 is 9.47 Å². The summed E-state index contributed by atoms with van der Waals surface area (Å²) in [6.45, 7) is 0. The second-order valence-corrected chi connectivity index (χ2v) is 5.58. The van der Waals surface area contributed by atoms with Crippen LogP contribution in [0.4, 0.5) is 0 Å². The highest BCUT2D eigenvalue weighted by atomic mass is 16.6. The number of carbonyl (C=O) groups excluding carboxylic acids is 2. The number of carbonyl (C=O) groups is 2. The predicted molar refractivity (Wildman–Crippen MR) is 76.2 cm³/mol. The fourth-order valence-electron chi connectivity index (χ4n) is 3.55. The van der Waals surface area contributed by atoms with Gasteiger partial charge in [-0.25, -0.2) is 0 Å². The van der Waals surface area contributed by atoms with Crippen molar-refractivity contribution in [1.29, 1.82) is 0 Å². The van der Waals surface area contributed by atoms with E-state index in [1.165, 1.54) is 0 Å². The molecule has 4 heteroatoms. The maximum Gasteiger partial charge on any atom is 0.321 e. The maximum atomic E-state index is 12.0. The van der Waals surface area contributed by atoms with Crippen molar-refractivity contribution in [3.8, 4) is 5.75 Å². The van der Waals surface area contributed by atoms with Gasteiger partial charge >= 0.3 is 11.9 Å². The van der Waals surface area contributed by atoms with Gasteiger partial charge in [-0.2, -0.15) is 0 Å². The van der Waals surface area contributed by atoms with Crippen molar-refractivity contribution in [2.75, 3.05) is 7.11 Å². The van der Waals surface area contributed by atoms with E-state index in [2.05, 4.69) is 0 Å². The van der Waals surface area contributed by atoms with Gasteiger partial charge in [-0.05, 0) is 46.9 Å². The molecule has 0 unspecified atom stereocenters. The lowest BCUT2D eigenvalue weighted by molar-refractivity contribution is -0.153. The van der Waals surface area contributed by atoms with Crippen LogP contribution in [0.2, 0.25) is 0 Å². The van der Waals surface area contributed by atoms with Crippen molar-refractivity contribution in [2.45, 2.75) is 18.8 Å². The quantitative estimate of drug-likeness (QED) is 0.596. The third-order valence-electron chi connectivity index (χ3n) is 4.58. The summed E-state index contributed by atoms with van der Waals surface area (Å²) >= 11 is 0. The number of cyclic esters (lactones) is 2. The van der Waals surface area contributed by atoms with Crippen molar-refractivity contribution < 1.29 is 19.1 Å². The van der Waals surface area contributed by atoms with Gasteiger partial charge in [-0.3, -0.25) is 9.59 Å². The third-order valence-corrected chi connectivity index (χ3v) is 4.58. The molecule has 0 amide bonds. The topological polar surface area (TPSA) is 52.6 Å². The van der Waals surface area contributed by atoms with E-state index in [0.29, 0.717) is 6.42 Å². The number of rotatable bonds is 1. The van der Waals surface area contributed by atoms with E-state index in [4.69, 9.17) is 9.47 Å². The van der Waals surface area contributed by atoms with Crippen LogP contribution in [0.15, 0.2) is 30.3 Å². The van der Waals surface area contributed by atoms with Gasteiger partial charge in [0.05, 0.1) is 18.9 Å². The fourth-order valence-corrected chi connectivity index (χ4v) is 3.55. The lowest BCUT2D eigenvalue weighted by atomic mass is 9.75. The Balaban J connectivity index is 1.92. The maximum absolute atomic E-state index is 12.0. The van der Waals surface area contributed by atoms with Crippen molar-refractivity contribution in [2.24, 2.45) is 5.92 Å². The molecule has 1 aliphatic carbocycles. The molecular weight excluding hydrogens is 268 g/mol. The van der Waals surface area contributed by atoms with Gasteiger partial charge in [-0.1, -0.05) is 18.2 Å². The molecule has 0 saturated carbocycles. The zero-order valence-corrected chi connectivity index (χ0v) is 11.6. The number of hydrogen-bond donors (Lipinski definition) is 0. The van der Waals surface area contributed by atoms with Gasteiger partial charge in [-0.15, -0.1) is 0 Å². The van der Waals surface area contributed by atoms with Gasteiger partial charge in [0, 0.05) is 0 Å². The first-order valence-corrected chi connectivity index (χ1v) is 7.04. The summed E-state index contributed by atoms with van der Waals surface area (Å²) in [7, 11) is 1.64. The third kappa shape index (κ3) is 1.68. The molecule has 0 bridgehead atoms. The molecule has 2 aliphatic rings. The van der Waals surface area contributed by atoms with Crippen LogP contribution in [0.3, 0.4) is 0 Å². The van der Waals surface area contributed by atoms with E-state index in [9.17, 15) is 9.59 Å². The van der Waals surface area contributed by atoms with E-state index < -0.39 is 11.9 Å². The number of fused-ring (bicyclic) bond motifs is 5. The fraction of sp³-hybridized carbons (Fsp3) is 0.294. The molecule has 1 saturated heterocycles. The molecule has 106 valence electrons. The van der Waals surface area contributed by atoms with Crippen molar-refractivity contribution >= 4 is 22.7 Å². The largest absolute Gasteiger partial charge is 0.497 e. The van der Waals surface area contributed by atoms with Gasteiger partial charge in [0.25, 0.3) is 0 Å². The second-order valence-electron chi connectivity index (χ2n) is 5.58. The molecule has 4 rings (SSSR count). The Kier molecular flexibility index (Phi) is 2.55. The minimum Gasteiger partial charge on any atom is -0.497 e. The van der Waals surface area contributed by atoms with Crippen molar-refractivity contribution in [3.63, 3.8) is 0 Å². The summed E-state index contributed by atoms with van der Waals surface area (Å²) in [5, 5.41) is 2.21. The van der Waals surface area contributed by atoms with Crippen LogP contribution in [-0.4, -0.2) is 19.0 Å². The molecule has 2 aromatic carbocycles. The van der Waals surface area contributed by atoms with E-state index in [1.54, 1.807) is 7.11 Å². The lowest BCUT2D eigenvalue weighted by Crippen LogP contribution is -2.23. The first-order valence-electron chi connectivity index (χ1n) is 7.04. The van der Waals surface area contributed by atoms with Crippen LogP contribution < -0.4 is 4.74 Å². The van der Waals surface area contributed by atoms with E-state index in [1.807, 2.05) is 30.3 Å². The van der Waals surface area contributed by atoms with Gasteiger partial charge in [0.1, 0.15) is 5.75 Å². The Hall–Kier alpha value is -2.36. The van der Waals surface area contributed by atoms with Gasteiger partial charge in [0.15, 0.2) is 0 Å². The van der Waals surface area contributed by atoms with E-state index in [-0.39, 0.29) is 11.9 Å². The molecule has 0 spiro atoms. The average molecular weight is 282 g/mol. The van der Waals surface area contributed by atoms with Crippen LogP contribution in [0.5, 0.6) is 5.75 Å². The molecule has 1 heterocycles. The van der Waals surface area contributed by atoms with Crippen LogP contribution in [0, 0.1) is 5.92 Å².